The number of aliphatic carboxylic acids is 1. The molecule has 4 heteroatoms. The van der Waals surface area contributed by atoms with Gasteiger partial charge in [0.05, 0.1) is 18.1 Å². The third kappa shape index (κ3) is 3.23. The summed E-state index contributed by atoms with van der Waals surface area (Å²) in [4.78, 5) is 10.9. The van der Waals surface area contributed by atoms with Gasteiger partial charge in [0.15, 0.2) is 6.29 Å². The number of hydrogen-bond donors (Lipinski definition) is 1. The Morgan fingerprint density at radius 3 is 2.44 bits per heavy atom. The molecule has 2 rings (SSSR count). The summed E-state index contributed by atoms with van der Waals surface area (Å²) < 4.78 is 11.9. The van der Waals surface area contributed by atoms with Gasteiger partial charge in [0.2, 0.25) is 0 Å². The van der Waals surface area contributed by atoms with Crippen LogP contribution in [0.1, 0.15) is 52.4 Å². The highest BCUT2D eigenvalue weighted by molar-refractivity contribution is 5.69. The van der Waals surface area contributed by atoms with Gasteiger partial charge in [-0.2, -0.15) is 0 Å². The molecule has 1 heterocycles. The number of carboxylic acid groups (broad SMARTS) is 1. The fraction of sp³-hybridized carbons (Fsp3) is 0.929. The van der Waals surface area contributed by atoms with Crippen LogP contribution >= 0.6 is 0 Å². The molecule has 0 aromatic carbocycles. The van der Waals surface area contributed by atoms with Crippen LogP contribution < -0.4 is 0 Å². The molecule has 3 atom stereocenters. The van der Waals surface area contributed by atoms with Gasteiger partial charge >= 0.3 is 5.97 Å². The fourth-order valence-corrected chi connectivity index (χ4v) is 3.06. The van der Waals surface area contributed by atoms with Gasteiger partial charge in [0.25, 0.3) is 0 Å². The second-order valence-corrected chi connectivity index (χ2v) is 5.67. The van der Waals surface area contributed by atoms with Crippen LogP contribution in [0, 0.1) is 11.8 Å². The standard InChI is InChI=1S/C14H24O4/c1-3-12-8-9(2)17-14(18-12)11-6-4-10(5-7-11)13(15)16/h9-12,14H,3-8H2,1-2H3,(H,15,16). The highest BCUT2D eigenvalue weighted by Gasteiger charge is 2.36. The molecule has 1 N–H and O–H groups in total. The smallest absolute Gasteiger partial charge is 0.306 e. The summed E-state index contributed by atoms with van der Waals surface area (Å²) in [6, 6.07) is 0. The molecular weight excluding hydrogens is 232 g/mol. The molecule has 0 radical (unpaired) electrons. The molecule has 0 aromatic rings. The summed E-state index contributed by atoms with van der Waals surface area (Å²) in [5.41, 5.74) is 0. The van der Waals surface area contributed by atoms with E-state index in [2.05, 4.69) is 13.8 Å². The van der Waals surface area contributed by atoms with Crippen molar-refractivity contribution in [3.8, 4) is 0 Å². The van der Waals surface area contributed by atoms with E-state index in [4.69, 9.17) is 14.6 Å². The van der Waals surface area contributed by atoms with Crippen LogP contribution in [-0.2, 0) is 14.3 Å². The van der Waals surface area contributed by atoms with Gasteiger partial charge < -0.3 is 14.6 Å². The van der Waals surface area contributed by atoms with Crippen molar-refractivity contribution in [3.05, 3.63) is 0 Å². The summed E-state index contributed by atoms with van der Waals surface area (Å²) in [7, 11) is 0. The van der Waals surface area contributed by atoms with E-state index in [1.165, 1.54) is 0 Å². The van der Waals surface area contributed by atoms with Crippen LogP contribution in [0.15, 0.2) is 0 Å². The Balaban J connectivity index is 1.86. The van der Waals surface area contributed by atoms with E-state index in [-0.39, 0.29) is 18.3 Å². The second kappa shape index (κ2) is 6.02. The summed E-state index contributed by atoms with van der Waals surface area (Å²) >= 11 is 0. The zero-order valence-electron chi connectivity index (χ0n) is 11.3. The molecule has 4 nitrogen and oxygen atoms in total. The normalized spacial score (nSPS) is 41.6. The van der Waals surface area contributed by atoms with E-state index in [0.717, 1.165) is 38.5 Å². The molecule has 1 aliphatic heterocycles. The third-order valence-corrected chi connectivity index (χ3v) is 4.25. The molecule has 3 unspecified atom stereocenters. The fourth-order valence-electron chi connectivity index (χ4n) is 3.06. The Bertz CT molecular complexity index is 284. The van der Waals surface area contributed by atoms with Crippen molar-refractivity contribution in [2.24, 2.45) is 11.8 Å². The molecule has 0 aromatic heterocycles. The molecule has 18 heavy (non-hydrogen) atoms. The van der Waals surface area contributed by atoms with Crippen molar-refractivity contribution in [3.63, 3.8) is 0 Å². The Labute approximate surface area is 109 Å². The van der Waals surface area contributed by atoms with E-state index >= 15 is 0 Å². The molecule has 2 fully saturated rings. The van der Waals surface area contributed by atoms with E-state index in [1.54, 1.807) is 0 Å². The highest BCUT2D eigenvalue weighted by Crippen LogP contribution is 2.35. The number of carbonyl (C=O) groups is 1. The van der Waals surface area contributed by atoms with Crippen LogP contribution in [0.4, 0.5) is 0 Å². The Hall–Kier alpha value is -0.610. The lowest BCUT2D eigenvalue weighted by molar-refractivity contribution is -0.263. The minimum Gasteiger partial charge on any atom is -0.481 e. The van der Waals surface area contributed by atoms with Gasteiger partial charge in [-0.25, -0.2) is 0 Å². The first kappa shape index (κ1) is 13.8. The van der Waals surface area contributed by atoms with Gasteiger partial charge in [-0.3, -0.25) is 4.79 Å². The second-order valence-electron chi connectivity index (χ2n) is 5.67. The average molecular weight is 256 g/mol. The SMILES string of the molecule is CCC1CC(C)OC(C2CCC(C(=O)O)CC2)O1. The molecular formula is C14H24O4. The van der Waals surface area contributed by atoms with Gasteiger partial charge in [-0.15, -0.1) is 0 Å². The molecule has 1 saturated heterocycles. The largest absolute Gasteiger partial charge is 0.481 e. The molecule has 0 bridgehead atoms. The van der Waals surface area contributed by atoms with E-state index in [0.29, 0.717) is 12.0 Å². The van der Waals surface area contributed by atoms with Crippen molar-refractivity contribution in [1.29, 1.82) is 0 Å². The quantitative estimate of drug-likeness (QED) is 0.843. The minimum absolute atomic E-state index is 0.117. The summed E-state index contributed by atoms with van der Waals surface area (Å²) in [6.07, 6.45) is 5.76. The predicted octanol–water partition coefficient (Wildman–Crippen LogP) is 2.81. The first-order valence-electron chi connectivity index (χ1n) is 7.13. The topological polar surface area (TPSA) is 55.8 Å². The molecule has 0 amide bonds. The van der Waals surface area contributed by atoms with Crippen LogP contribution in [-0.4, -0.2) is 29.6 Å². The monoisotopic (exact) mass is 256 g/mol. The lowest BCUT2D eigenvalue weighted by atomic mass is 9.81. The van der Waals surface area contributed by atoms with Crippen molar-refractivity contribution in [2.75, 3.05) is 0 Å². The van der Waals surface area contributed by atoms with Crippen LogP contribution in [0.5, 0.6) is 0 Å². The number of carboxylic acids is 1. The third-order valence-electron chi connectivity index (χ3n) is 4.25. The molecule has 2 aliphatic rings. The van der Waals surface area contributed by atoms with Gasteiger partial charge in [0, 0.05) is 5.92 Å². The Morgan fingerprint density at radius 1 is 1.22 bits per heavy atom. The molecule has 104 valence electrons. The van der Waals surface area contributed by atoms with E-state index in [9.17, 15) is 4.79 Å². The first-order chi connectivity index (χ1) is 8.60. The predicted molar refractivity (Wildman–Crippen MR) is 67.2 cm³/mol. The summed E-state index contributed by atoms with van der Waals surface area (Å²) in [6.45, 7) is 4.24. The summed E-state index contributed by atoms with van der Waals surface area (Å²) in [5.74, 6) is -0.444. The molecule has 1 saturated carbocycles. The lowest BCUT2D eigenvalue weighted by Crippen LogP contribution is -2.42. The zero-order chi connectivity index (χ0) is 13.1. The average Bonchev–Trinajstić information content (AvgIpc) is 2.38. The van der Waals surface area contributed by atoms with Gasteiger partial charge in [-0.1, -0.05) is 6.92 Å². The summed E-state index contributed by atoms with van der Waals surface area (Å²) in [5, 5.41) is 8.99. The van der Waals surface area contributed by atoms with Crippen molar-refractivity contribution < 1.29 is 19.4 Å². The Kier molecular flexibility index (Phi) is 4.62. The highest BCUT2D eigenvalue weighted by atomic mass is 16.7. The number of ether oxygens (including phenoxy) is 2. The van der Waals surface area contributed by atoms with Gasteiger partial charge in [0.1, 0.15) is 0 Å². The van der Waals surface area contributed by atoms with E-state index in [1.807, 2.05) is 0 Å². The van der Waals surface area contributed by atoms with Crippen molar-refractivity contribution >= 4 is 5.97 Å². The number of hydrogen-bond acceptors (Lipinski definition) is 3. The van der Waals surface area contributed by atoms with Crippen molar-refractivity contribution in [2.45, 2.75) is 70.9 Å². The van der Waals surface area contributed by atoms with E-state index < -0.39 is 5.97 Å². The Morgan fingerprint density at radius 2 is 1.89 bits per heavy atom. The number of rotatable bonds is 3. The van der Waals surface area contributed by atoms with Crippen LogP contribution in [0.3, 0.4) is 0 Å². The van der Waals surface area contributed by atoms with Gasteiger partial charge in [-0.05, 0) is 45.4 Å². The molecule has 0 spiro atoms. The zero-order valence-corrected chi connectivity index (χ0v) is 11.3. The van der Waals surface area contributed by atoms with Crippen LogP contribution in [0.2, 0.25) is 0 Å². The lowest BCUT2D eigenvalue weighted by Gasteiger charge is -2.40. The van der Waals surface area contributed by atoms with Crippen LogP contribution in [0.25, 0.3) is 0 Å². The van der Waals surface area contributed by atoms with Crippen molar-refractivity contribution in [1.82, 2.24) is 0 Å². The first-order valence-corrected chi connectivity index (χ1v) is 7.13. The maximum atomic E-state index is 10.9. The maximum Gasteiger partial charge on any atom is 0.306 e. The molecule has 1 aliphatic carbocycles. The maximum absolute atomic E-state index is 10.9. The minimum atomic E-state index is -0.654.